The summed E-state index contributed by atoms with van der Waals surface area (Å²) in [7, 11) is 0. The maximum atomic E-state index is 6.30. The fourth-order valence-electron chi connectivity index (χ4n) is 9.26. The Balaban J connectivity index is 0.936. The predicted molar refractivity (Wildman–Crippen MR) is 243 cm³/mol. The van der Waals surface area contributed by atoms with Crippen LogP contribution in [-0.2, 0) is 0 Å². The van der Waals surface area contributed by atoms with Crippen molar-refractivity contribution in [1.29, 1.82) is 0 Å². The lowest BCUT2D eigenvalue weighted by atomic mass is 9.92. The van der Waals surface area contributed by atoms with Crippen molar-refractivity contribution in [3.8, 4) is 78.7 Å². The minimum absolute atomic E-state index is 0.559. The van der Waals surface area contributed by atoms with Gasteiger partial charge in [0.1, 0.15) is 22.3 Å². The second kappa shape index (κ2) is 12.7. The number of rotatable bonds is 5. The molecule has 13 rings (SSSR count). The molecule has 0 bridgehead atoms. The number of nitrogens with zero attached hydrogens (tertiary/aromatic N) is 3. The van der Waals surface area contributed by atoms with Crippen molar-refractivity contribution >= 4 is 54.6 Å². The average Bonchev–Trinajstić information content (AvgIpc) is 3.99. The first-order chi connectivity index (χ1) is 29.7. The van der Waals surface area contributed by atoms with Gasteiger partial charge in [0, 0.05) is 38.2 Å². The number of furan rings is 2. The van der Waals surface area contributed by atoms with Crippen molar-refractivity contribution in [3.05, 3.63) is 188 Å². The van der Waals surface area contributed by atoms with E-state index in [1.807, 2.05) is 48.5 Å². The lowest BCUT2D eigenvalue weighted by molar-refractivity contribution is 0.668. The van der Waals surface area contributed by atoms with E-state index in [4.69, 9.17) is 23.8 Å². The van der Waals surface area contributed by atoms with Crippen molar-refractivity contribution in [2.45, 2.75) is 0 Å². The van der Waals surface area contributed by atoms with E-state index in [9.17, 15) is 0 Å². The van der Waals surface area contributed by atoms with Crippen LogP contribution in [0.5, 0.6) is 0 Å². The molecule has 0 aliphatic heterocycles. The van der Waals surface area contributed by atoms with Gasteiger partial charge in [-0.3, -0.25) is 0 Å². The van der Waals surface area contributed by atoms with E-state index < -0.39 is 0 Å². The van der Waals surface area contributed by atoms with Crippen LogP contribution in [-0.4, -0.2) is 15.0 Å². The zero-order valence-electron chi connectivity index (χ0n) is 32.1. The monoisotopic (exact) mass is 765 g/mol. The average molecular weight is 766 g/mol. The molecular weight excluding hydrogens is 735 g/mol. The van der Waals surface area contributed by atoms with Crippen LogP contribution < -0.4 is 0 Å². The Morgan fingerprint density at radius 2 is 0.667 bits per heavy atom. The molecule has 1 aliphatic rings. The molecular formula is C55H31N3O2. The van der Waals surface area contributed by atoms with E-state index in [1.165, 1.54) is 44.2 Å². The zero-order valence-corrected chi connectivity index (χ0v) is 32.1. The van der Waals surface area contributed by atoms with Crippen LogP contribution in [0.4, 0.5) is 0 Å². The second-order valence-corrected chi connectivity index (χ2v) is 15.5. The number of benzene rings is 9. The third kappa shape index (κ3) is 5.03. The Bertz CT molecular complexity index is 3580. The molecule has 12 aromatic rings. The maximum Gasteiger partial charge on any atom is 0.164 e. The van der Waals surface area contributed by atoms with Crippen LogP contribution in [0.15, 0.2) is 197 Å². The topological polar surface area (TPSA) is 65.0 Å². The molecule has 0 unspecified atom stereocenters. The van der Waals surface area contributed by atoms with Gasteiger partial charge in [0.2, 0.25) is 0 Å². The minimum atomic E-state index is 0.559. The maximum absolute atomic E-state index is 6.30. The van der Waals surface area contributed by atoms with Crippen molar-refractivity contribution in [1.82, 2.24) is 15.0 Å². The van der Waals surface area contributed by atoms with Gasteiger partial charge in [0.05, 0.1) is 0 Å². The summed E-state index contributed by atoms with van der Waals surface area (Å²) in [5, 5.41) is 6.85. The van der Waals surface area contributed by atoms with E-state index in [0.29, 0.717) is 17.5 Å². The number of para-hydroxylation sites is 2. The van der Waals surface area contributed by atoms with Crippen LogP contribution in [0.3, 0.4) is 0 Å². The van der Waals surface area contributed by atoms with E-state index in [1.54, 1.807) is 0 Å². The summed E-state index contributed by atoms with van der Waals surface area (Å²) in [5.41, 5.74) is 15.6. The lowest BCUT2D eigenvalue weighted by Gasteiger charge is -2.12. The smallest absolute Gasteiger partial charge is 0.164 e. The first-order valence-electron chi connectivity index (χ1n) is 20.2. The highest BCUT2D eigenvalue weighted by atomic mass is 16.3. The van der Waals surface area contributed by atoms with Gasteiger partial charge < -0.3 is 8.83 Å². The van der Waals surface area contributed by atoms with Gasteiger partial charge in [0.25, 0.3) is 0 Å². The fourth-order valence-corrected chi connectivity index (χ4v) is 9.26. The number of hydrogen-bond acceptors (Lipinski definition) is 5. The molecule has 0 N–H and O–H groups in total. The van der Waals surface area contributed by atoms with Crippen molar-refractivity contribution in [2.75, 3.05) is 0 Å². The first-order valence-corrected chi connectivity index (χ1v) is 20.2. The summed E-state index contributed by atoms with van der Waals surface area (Å²) in [4.78, 5) is 15.4. The molecule has 3 heterocycles. The molecule has 3 aromatic heterocycles. The molecule has 0 fully saturated rings. The minimum Gasteiger partial charge on any atom is -0.456 e. The molecule has 278 valence electrons. The molecule has 0 spiro atoms. The molecule has 60 heavy (non-hydrogen) atoms. The standard InChI is InChI=1S/C55H31N3O2/c1-2-15-40-39(14-1)46-19-9-18-45-38(26-27-47(40)52(45)46)34-12-7-10-32(28-34)33-11-8-13-35(29-33)53-56-54(36-22-24-43-41-16-3-5-20-48(41)59-50(43)30-36)58-55(57-53)37-23-25-44-42-17-4-6-21-49(42)60-51(44)31-37/h1-31H. The van der Waals surface area contributed by atoms with Gasteiger partial charge in [-0.15, -0.1) is 0 Å². The Labute approximate surface area is 343 Å². The molecule has 0 atom stereocenters. The Morgan fingerprint density at radius 1 is 0.250 bits per heavy atom. The second-order valence-electron chi connectivity index (χ2n) is 15.5. The first kappa shape index (κ1) is 32.9. The van der Waals surface area contributed by atoms with E-state index in [2.05, 4.69) is 140 Å². The van der Waals surface area contributed by atoms with Crippen molar-refractivity contribution in [2.24, 2.45) is 0 Å². The summed E-state index contributed by atoms with van der Waals surface area (Å²) in [6.45, 7) is 0. The largest absolute Gasteiger partial charge is 0.456 e. The van der Waals surface area contributed by atoms with E-state index in [0.717, 1.165) is 71.7 Å². The highest BCUT2D eigenvalue weighted by Gasteiger charge is 2.23. The number of fused-ring (bicyclic) bond motifs is 9. The van der Waals surface area contributed by atoms with Gasteiger partial charge in [-0.05, 0) is 104 Å². The number of aromatic nitrogens is 3. The third-order valence-electron chi connectivity index (χ3n) is 12.1. The molecule has 0 radical (unpaired) electrons. The van der Waals surface area contributed by atoms with Gasteiger partial charge in [0.15, 0.2) is 17.5 Å². The van der Waals surface area contributed by atoms with Gasteiger partial charge in [-0.2, -0.15) is 0 Å². The molecule has 5 nitrogen and oxygen atoms in total. The predicted octanol–water partition coefficient (Wildman–Crippen LogP) is 14.8. The Hall–Kier alpha value is -8.15. The SMILES string of the molecule is c1cc(-c2cccc(-c3ccc4c5c(cccc35)-c3ccccc3-4)c2)cc(-c2nc(-c3ccc4c(c3)oc3ccccc34)nc(-c3ccc4c(c3)oc3ccccc34)n2)c1. The van der Waals surface area contributed by atoms with Gasteiger partial charge >= 0.3 is 0 Å². The molecule has 0 saturated carbocycles. The summed E-state index contributed by atoms with van der Waals surface area (Å²) in [6, 6.07) is 65.9. The number of hydrogen-bond donors (Lipinski definition) is 0. The van der Waals surface area contributed by atoms with Gasteiger partial charge in [-0.25, -0.2) is 15.0 Å². The van der Waals surface area contributed by atoms with Crippen LogP contribution in [0, 0.1) is 0 Å². The molecule has 0 amide bonds. The summed E-state index contributed by atoms with van der Waals surface area (Å²) >= 11 is 0. The van der Waals surface area contributed by atoms with Crippen LogP contribution in [0.2, 0.25) is 0 Å². The zero-order chi connectivity index (χ0) is 39.3. The van der Waals surface area contributed by atoms with Crippen LogP contribution in [0.1, 0.15) is 0 Å². The van der Waals surface area contributed by atoms with Crippen LogP contribution >= 0.6 is 0 Å². The highest BCUT2D eigenvalue weighted by Crippen LogP contribution is 2.49. The van der Waals surface area contributed by atoms with Crippen molar-refractivity contribution < 1.29 is 8.83 Å². The van der Waals surface area contributed by atoms with E-state index in [-0.39, 0.29) is 0 Å². The van der Waals surface area contributed by atoms with Gasteiger partial charge in [-0.1, -0.05) is 140 Å². The fraction of sp³-hybridized carbons (Fsp3) is 0. The molecule has 5 heteroatoms. The molecule has 9 aromatic carbocycles. The summed E-state index contributed by atoms with van der Waals surface area (Å²) in [6.07, 6.45) is 0. The summed E-state index contributed by atoms with van der Waals surface area (Å²) in [5.74, 6) is 1.70. The molecule has 0 saturated heterocycles. The lowest BCUT2D eigenvalue weighted by Crippen LogP contribution is -2.00. The third-order valence-corrected chi connectivity index (χ3v) is 12.1. The highest BCUT2D eigenvalue weighted by molar-refractivity contribution is 6.18. The summed E-state index contributed by atoms with van der Waals surface area (Å²) < 4.78 is 12.6. The van der Waals surface area contributed by atoms with Crippen molar-refractivity contribution in [3.63, 3.8) is 0 Å². The van der Waals surface area contributed by atoms with E-state index >= 15 is 0 Å². The molecule has 1 aliphatic carbocycles. The normalized spacial score (nSPS) is 12.0. The Morgan fingerprint density at radius 3 is 1.28 bits per heavy atom. The Kier molecular flexibility index (Phi) is 6.95. The van der Waals surface area contributed by atoms with Crippen LogP contribution in [0.25, 0.3) is 133 Å². The quantitative estimate of drug-likeness (QED) is 0.175.